The number of aryl methyl sites for hydroxylation is 2. The molecule has 3 rings (SSSR count). The van der Waals surface area contributed by atoms with Crippen molar-refractivity contribution in [1.82, 2.24) is 5.32 Å². The van der Waals surface area contributed by atoms with Gasteiger partial charge in [0.2, 0.25) is 5.91 Å². The molecule has 0 atom stereocenters. The first kappa shape index (κ1) is 21.1. The molecular formula is C22H18Cl2N2O2S. The number of nitrogens with one attached hydrogen (secondary N) is 2. The van der Waals surface area contributed by atoms with Crippen LogP contribution in [-0.2, 0) is 4.79 Å². The van der Waals surface area contributed by atoms with Crippen LogP contribution in [0, 0.1) is 13.8 Å². The van der Waals surface area contributed by atoms with E-state index in [0.717, 1.165) is 16.7 Å². The first-order valence-electron chi connectivity index (χ1n) is 8.74. The number of amides is 1. The van der Waals surface area contributed by atoms with Gasteiger partial charge in [0, 0.05) is 27.4 Å². The third-order valence-electron chi connectivity index (χ3n) is 4.15. The molecule has 3 aromatic rings. The molecule has 7 heteroatoms. The van der Waals surface area contributed by atoms with Crippen molar-refractivity contribution in [3.05, 3.63) is 81.5 Å². The molecule has 0 unspecified atom stereocenters. The zero-order valence-corrected chi connectivity index (χ0v) is 18.1. The summed E-state index contributed by atoms with van der Waals surface area (Å²) in [6.07, 6.45) is 2.92. The summed E-state index contributed by atoms with van der Waals surface area (Å²) in [5.74, 6) is 0.827. The van der Waals surface area contributed by atoms with Crippen molar-refractivity contribution in [3.8, 4) is 11.3 Å². The first-order chi connectivity index (χ1) is 13.8. The zero-order valence-electron chi connectivity index (χ0n) is 15.8. The largest absolute Gasteiger partial charge is 0.457 e. The molecule has 29 heavy (non-hydrogen) atoms. The van der Waals surface area contributed by atoms with Crippen LogP contribution in [-0.4, -0.2) is 11.0 Å². The van der Waals surface area contributed by atoms with Crippen molar-refractivity contribution in [3.63, 3.8) is 0 Å². The molecule has 0 fully saturated rings. The van der Waals surface area contributed by atoms with Crippen molar-refractivity contribution >= 4 is 58.2 Å². The SMILES string of the molecule is Cc1ccc(NC(=S)NC(=O)/C=C/c2ccc(-c3ccc(C)c(Cl)c3)o2)cc1Cl. The molecule has 1 heterocycles. The molecule has 0 saturated carbocycles. The lowest BCUT2D eigenvalue weighted by Gasteiger charge is -2.09. The van der Waals surface area contributed by atoms with Crippen molar-refractivity contribution < 1.29 is 9.21 Å². The van der Waals surface area contributed by atoms with Gasteiger partial charge in [0.1, 0.15) is 11.5 Å². The van der Waals surface area contributed by atoms with Gasteiger partial charge in [-0.1, -0.05) is 41.4 Å². The lowest BCUT2D eigenvalue weighted by molar-refractivity contribution is -0.115. The summed E-state index contributed by atoms with van der Waals surface area (Å²) in [4.78, 5) is 12.1. The quantitative estimate of drug-likeness (QED) is 0.361. The molecule has 0 bridgehead atoms. The van der Waals surface area contributed by atoms with E-state index in [9.17, 15) is 4.79 Å². The van der Waals surface area contributed by atoms with Gasteiger partial charge in [0.15, 0.2) is 5.11 Å². The van der Waals surface area contributed by atoms with Crippen LogP contribution in [0.15, 0.2) is 59.0 Å². The van der Waals surface area contributed by atoms with Gasteiger partial charge >= 0.3 is 0 Å². The predicted molar refractivity (Wildman–Crippen MR) is 123 cm³/mol. The van der Waals surface area contributed by atoms with Gasteiger partial charge in [-0.05, 0) is 73.6 Å². The van der Waals surface area contributed by atoms with Crippen LogP contribution in [0.3, 0.4) is 0 Å². The maximum atomic E-state index is 12.1. The second kappa shape index (κ2) is 9.27. The molecule has 148 valence electrons. The van der Waals surface area contributed by atoms with E-state index in [1.54, 1.807) is 18.2 Å². The van der Waals surface area contributed by atoms with Crippen molar-refractivity contribution in [2.24, 2.45) is 0 Å². The number of anilines is 1. The molecule has 4 nitrogen and oxygen atoms in total. The number of furan rings is 1. The summed E-state index contributed by atoms with van der Waals surface area (Å²) >= 11 is 17.4. The van der Waals surface area contributed by atoms with Gasteiger partial charge in [-0.15, -0.1) is 0 Å². The highest BCUT2D eigenvalue weighted by Gasteiger charge is 2.07. The molecule has 1 aromatic heterocycles. The fourth-order valence-electron chi connectivity index (χ4n) is 2.49. The first-order valence-corrected chi connectivity index (χ1v) is 9.91. The monoisotopic (exact) mass is 444 g/mol. The average Bonchev–Trinajstić information content (AvgIpc) is 3.14. The number of hydrogen-bond acceptors (Lipinski definition) is 3. The zero-order chi connectivity index (χ0) is 21.0. The van der Waals surface area contributed by atoms with Gasteiger partial charge < -0.3 is 9.73 Å². The number of hydrogen-bond donors (Lipinski definition) is 2. The van der Waals surface area contributed by atoms with E-state index in [1.165, 1.54) is 6.08 Å². The summed E-state index contributed by atoms with van der Waals surface area (Å²) < 4.78 is 5.75. The van der Waals surface area contributed by atoms with E-state index in [-0.39, 0.29) is 11.0 Å². The van der Waals surface area contributed by atoms with Crippen LogP contribution in [0.25, 0.3) is 17.4 Å². The normalized spacial score (nSPS) is 10.9. The Labute approximate surface area is 184 Å². The van der Waals surface area contributed by atoms with E-state index < -0.39 is 0 Å². The Morgan fingerprint density at radius 2 is 1.69 bits per heavy atom. The Hall–Kier alpha value is -2.60. The summed E-state index contributed by atoms with van der Waals surface area (Å²) in [7, 11) is 0. The Morgan fingerprint density at radius 1 is 1.00 bits per heavy atom. The van der Waals surface area contributed by atoms with Gasteiger partial charge in [-0.2, -0.15) is 0 Å². The third kappa shape index (κ3) is 5.70. The number of thiocarbonyl (C=S) groups is 1. The number of carbonyl (C=O) groups is 1. The smallest absolute Gasteiger partial charge is 0.250 e. The molecule has 0 aliphatic heterocycles. The number of benzene rings is 2. The van der Waals surface area contributed by atoms with Crippen LogP contribution in [0.2, 0.25) is 10.0 Å². The van der Waals surface area contributed by atoms with E-state index in [0.29, 0.717) is 27.3 Å². The van der Waals surface area contributed by atoms with E-state index in [1.807, 2.05) is 50.2 Å². The Morgan fingerprint density at radius 3 is 2.38 bits per heavy atom. The van der Waals surface area contributed by atoms with Crippen molar-refractivity contribution in [2.45, 2.75) is 13.8 Å². The molecule has 0 saturated heterocycles. The summed E-state index contributed by atoms with van der Waals surface area (Å²) in [6.45, 7) is 3.85. The minimum Gasteiger partial charge on any atom is -0.457 e. The second-order valence-corrected chi connectivity index (χ2v) is 7.63. The van der Waals surface area contributed by atoms with Gasteiger partial charge in [-0.3, -0.25) is 10.1 Å². The molecule has 0 radical (unpaired) electrons. The van der Waals surface area contributed by atoms with Gasteiger partial charge in [0.25, 0.3) is 0 Å². The molecule has 2 aromatic carbocycles. The fraction of sp³-hybridized carbons (Fsp3) is 0.0909. The summed E-state index contributed by atoms with van der Waals surface area (Å²) in [6, 6.07) is 14.7. The number of halogens is 2. The highest BCUT2D eigenvalue weighted by Crippen LogP contribution is 2.27. The van der Waals surface area contributed by atoms with Crippen molar-refractivity contribution in [2.75, 3.05) is 5.32 Å². The maximum Gasteiger partial charge on any atom is 0.250 e. The molecule has 2 N–H and O–H groups in total. The highest BCUT2D eigenvalue weighted by atomic mass is 35.5. The van der Waals surface area contributed by atoms with Crippen LogP contribution in [0.1, 0.15) is 16.9 Å². The maximum absolute atomic E-state index is 12.1. The Kier molecular flexibility index (Phi) is 6.75. The van der Waals surface area contributed by atoms with Crippen LogP contribution < -0.4 is 10.6 Å². The Bertz CT molecular complexity index is 1110. The minimum absolute atomic E-state index is 0.175. The van der Waals surface area contributed by atoms with Gasteiger partial charge in [-0.25, -0.2) is 0 Å². The Balaban J connectivity index is 1.59. The lowest BCUT2D eigenvalue weighted by atomic mass is 10.1. The predicted octanol–water partition coefficient (Wildman–Crippen LogP) is 6.40. The van der Waals surface area contributed by atoms with Crippen LogP contribution in [0.5, 0.6) is 0 Å². The standard InChI is InChI=1S/C22H18Cl2N2O2S/c1-13-3-5-15(11-18(13)23)20-9-7-17(28-20)8-10-21(27)26-22(29)25-16-6-4-14(2)19(24)12-16/h3-12H,1-2H3,(H2,25,26,27,29)/b10-8+. The summed E-state index contributed by atoms with van der Waals surface area (Å²) in [5, 5.41) is 6.96. The van der Waals surface area contributed by atoms with Gasteiger partial charge in [0.05, 0.1) is 0 Å². The number of carbonyl (C=O) groups excluding carboxylic acids is 1. The number of rotatable bonds is 4. The molecule has 0 aliphatic carbocycles. The molecular weight excluding hydrogens is 427 g/mol. The second-order valence-electron chi connectivity index (χ2n) is 6.41. The average molecular weight is 445 g/mol. The van der Waals surface area contributed by atoms with Crippen molar-refractivity contribution in [1.29, 1.82) is 0 Å². The summed E-state index contributed by atoms with van der Waals surface area (Å²) in [5.41, 5.74) is 3.52. The molecule has 1 amide bonds. The third-order valence-corrected chi connectivity index (χ3v) is 5.17. The van der Waals surface area contributed by atoms with Crippen LogP contribution >= 0.6 is 35.4 Å². The van der Waals surface area contributed by atoms with Crippen LogP contribution in [0.4, 0.5) is 5.69 Å². The van der Waals surface area contributed by atoms with E-state index in [4.69, 9.17) is 39.8 Å². The molecule has 0 spiro atoms. The fourth-order valence-corrected chi connectivity index (χ4v) is 3.07. The minimum atomic E-state index is -0.378. The highest BCUT2D eigenvalue weighted by molar-refractivity contribution is 7.80. The topological polar surface area (TPSA) is 54.3 Å². The van der Waals surface area contributed by atoms with E-state index >= 15 is 0 Å². The molecule has 0 aliphatic rings. The van der Waals surface area contributed by atoms with E-state index in [2.05, 4.69) is 10.6 Å². The lowest BCUT2D eigenvalue weighted by Crippen LogP contribution is -2.32.